The topological polar surface area (TPSA) is 99.0 Å². The van der Waals surface area contributed by atoms with Crippen LogP contribution in [0.4, 0.5) is 10.5 Å². The van der Waals surface area contributed by atoms with Gasteiger partial charge >= 0.3 is 12.1 Å². The maximum absolute atomic E-state index is 12.6. The second-order valence-corrected chi connectivity index (χ2v) is 8.94. The summed E-state index contributed by atoms with van der Waals surface area (Å²) in [4.78, 5) is 37.3. The van der Waals surface area contributed by atoms with E-state index in [9.17, 15) is 19.7 Å². The summed E-state index contributed by atoms with van der Waals surface area (Å²) in [6, 6.07) is 4.05. The van der Waals surface area contributed by atoms with Crippen molar-refractivity contribution in [3.05, 3.63) is 39.4 Å². The van der Waals surface area contributed by atoms with Gasteiger partial charge in [-0.2, -0.15) is 0 Å². The Kier molecular flexibility index (Phi) is 6.01. The normalized spacial score (nSPS) is 14.4. The largest absolute Gasteiger partial charge is 0.456 e. The van der Waals surface area contributed by atoms with Gasteiger partial charge in [-0.3, -0.25) is 10.1 Å². The number of ether oxygens (including phenoxy) is 2. The van der Waals surface area contributed by atoms with Crippen molar-refractivity contribution in [3.63, 3.8) is 0 Å². The molecule has 1 aliphatic rings. The van der Waals surface area contributed by atoms with Crippen molar-refractivity contribution in [2.24, 2.45) is 0 Å². The molecule has 1 aliphatic carbocycles. The number of rotatable bonds is 5. The van der Waals surface area contributed by atoms with Crippen LogP contribution in [-0.2, 0) is 16.0 Å². The minimum Gasteiger partial charge on any atom is -0.456 e. The summed E-state index contributed by atoms with van der Waals surface area (Å²) in [6.45, 7) is 10.5. The van der Waals surface area contributed by atoms with Gasteiger partial charge in [0.25, 0.3) is 5.69 Å². The summed E-state index contributed by atoms with van der Waals surface area (Å²) in [5, 5.41) is 11.5. The van der Waals surface area contributed by atoms with E-state index >= 15 is 0 Å². The van der Waals surface area contributed by atoms with E-state index in [0.29, 0.717) is 0 Å². The summed E-state index contributed by atoms with van der Waals surface area (Å²) in [5.41, 5.74) is -1.03. The minimum absolute atomic E-state index is 0.00741. The Labute approximate surface area is 164 Å². The molecule has 0 N–H and O–H groups in total. The third-order valence-electron chi connectivity index (χ3n) is 3.87. The molecule has 28 heavy (non-hydrogen) atoms. The summed E-state index contributed by atoms with van der Waals surface area (Å²) < 4.78 is 10.8. The molecule has 0 aromatic heterocycles. The molecule has 1 amide bonds. The van der Waals surface area contributed by atoms with E-state index in [2.05, 4.69) is 0 Å². The Morgan fingerprint density at radius 1 is 1.11 bits per heavy atom. The highest BCUT2D eigenvalue weighted by Gasteiger charge is 2.36. The van der Waals surface area contributed by atoms with E-state index < -0.39 is 28.2 Å². The molecular formula is C20H28N2O6. The average Bonchev–Trinajstić information content (AvgIpc) is 3.33. The molecule has 0 spiro atoms. The first-order chi connectivity index (χ1) is 12.8. The van der Waals surface area contributed by atoms with Crippen LogP contribution in [0.15, 0.2) is 18.2 Å². The maximum atomic E-state index is 12.6. The lowest BCUT2D eigenvalue weighted by Crippen LogP contribution is -2.38. The molecule has 154 valence electrons. The van der Waals surface area contributed by atoms with Crippen LogP contribution in [0.1, 0.15) is 70.3 Å². The van der Waals surface area contributed by atoms with Gasteiger partial charge in [0.15, 0.2) is 0 Å². The Hall–Kier alpha value is -2.64. The van der Waals surface area contributed by atoms with Gasteiger partial charge in [0.1, 0.15) is 11.2 Å². The van der Waals surface area contributed by atoms with Gasteiger partial charge in [-0.25, -0.2) is 9.59 Å². The molecule has 0 aliphatic heterocycles. The van der Waals surface area contributed by atoms with Crippen LogP contribution in [0.2, 0.25) is 0 Å². The fourth-order valence-corrected chi connectivity index (χ4v) is 2.59. The predicted octanol–water partition coefficient (Wildman–Crippen LogP) is 4.45. The van der Waals surface area contributed by atoms with Crippen LogP contribution in [-0.4, -0.2) is 39.1 Å². The van der Waals surface area contributed by atoms with Gasteiger partial charge in [-0.1, -0.05) is 0 Å². The molecule has 0 unspecified atom stereocenters. The highest BCUT2D eigenvalue weighted by atomic mass is 16.6. The Morgan fingerprint density at radius 3 is 2.14 bits per heavy atom. The molecular weight excluding hydrogens is 364 g/mol. The molecule has 1 fully saturated rings. The van der Waals surface area contributed by atoms with Gasteiger partial charge in [0.05, 0.1) is 22.6 Å². The minimum atomic E-state index is -0.685. The van der Waals surface area contributed by atoms with Gasteiger partial charge < -0.3 is 14.4 Å². The van der Waals surface area contributed by atoms with Crippen LogP contribution in [0, 0.1) is 10.1 Å². The van der Waals surface area contributed by atoms with Crippen molar-refractivity contribution in [2.75, 3.05) is 0 Å². The molecule has 0 heterocycles. The zero-order valence-corrected chi connectivity index (χ0v) is 17.3. The second kappa shape index (κ2) is 7.77. The SMILES string of the molecule is CC(C)(C)OC(=O)c1ccc([N+](=O)[O-])c(CN(C(=O)OC(C)(C)C)C2CC2)c1. The van der Waals surface area contributed by atoms with Crippen molar-refractivity contribution in [1.29, 1.82) is 0 Å². The van der Waals surface area contributed by atoms with Crippen molar-refractivity contribution in [1.82, 2.24) is 4.90 Å². The van der Waals surface area contributed by atoms with Crippen LogP contribution in [0.5, 0.6) is 0 Å². The zero-order valence-electron chi connectivity index (χ0n) is 17.3. The lowest BCUT2D eigenvalue weighted by atomic mass is 10.1. The number of esters is 1. The quantitative estimate of drug-likeness (QED) is 0.417. The Balaban J connectivity index is 2.32. The molecule has 0 radical (unpaired) electrons. The first-order valence-electron chi connectivity index (χ1n) is 9.27. The molecule has 1 saturated carbocycles. The smallest absolute Gasteiger partial charge is 0.410 e. The van der Waals surface area contributed by atoms with Gasteiger partial charge in [-0.05, 0) is 66.5 Å². The number of carbonyl (C=O) groups excluding carboxylic acids is 2. The predicted molar refractivity (Wildman–Crippen MR) is 103 cm³/mol. The van der Waals surface area contributed by atoms with Crippen LogP contribution < -0.4 is 0 Å². The lowest BCUT2D eigenvalue weighted by Gasteiger charge is -2.27. The number of nitrogens with zero attached hydrogens (tertiary/aromatic N) is 2. The molecule has 0 bridgehead atoms. The third-order valence-corrected chi connectivity index (χ3v) is 3.87. The Morgan fingerprint density at radius 2 is 1.68 bits per heavy atom. The first kappa shape index (κ1) is 21.7. The lowest BCUT2D eigenvalue weighted by molar-refractivity contribution is -0.385. The second-order valence-electron chi connectivity index (χ2n) is 8.94. The molecule has 1 aromatic carbocycles. The maximum Gasteiger partial charge on any atom is 0.410 e. The van der Waals surface area contributed by atoms with Crippen molar-refractivity contribution in [2.45, 2.75) is 78.2 Å². The van der Waals surface area contributed by atoms with E-state index in [1.54, 1.807) is 41.5 Å². The molecule has 8 heteroatoms. The standard InChI is InChI=1S/C20H28N2O6/c1-19(2,3)27-17(23)13-7-10-16(22(25)26)14(11-13)12-21(15-8-9-15)18(24)28-20(4,5)6/h7,10-11,15H,8-9,12H2,1-6H3. The third kappa shape index (κ3) is 6.21. The molecule has 1 aromatic rings. The molecule has 0 atom stereocenters. The summed E-state index contributed by atoms with van der Waals surface area (Å²) >= 11 is 0. The molecule has 8 nitrogen and oxygen atoms in total. The van der Waals surface area contributed by atoms with Gasteiger partial charge in [0.2, 0.25) is 0 Å². The summed E-state index contributed by atoms with van der Waals surface area (Å²) in [5.74, 6) is -0.570. The fraction of sp³-hybridized carbons (Fsp3) is 0.600. The summed E-state index contributed by atoms with van der Waals surface area (Å²) in [7, 11) is 0. The number of benzene rings is 1. The van der Waals surface area contributed by atoms with Gasteiger partial charge in [-0.15, -0.1) is 0 Å². The van der Waals surface area contributed by atoms with Crippen molar-refractivity contribution >= 4 is 17.7 Å². The van der Waals surface area contributed by atoms with Crippen LogP contribution in [0.25, 0.3) is 0 Å². The monoisotopic (exact) mass is 392 g/mol. The van der Waals surface area contributed by atoms with Gasteiger partial charge in [0, 0.05) is 12.1 Å². The van der Waals surface area contributed by atoms with E-state index in [4.69, 9.17) is 9.47 Å². The highest BCUT2D eigenvalue weighted by molar-refractivity contribution is 5.90. The number of nitro benzene ring substituents is 1. The van der Waals surface area contributed by atoms with E-state index in [1.807, 2.05) is 0 Å². The number of nitro groups is 1. The molecule has 2 rings (SSSR count). The van der Waals surface area contributed by atoms with E-state index in [1.165, 1.54) is 23.1 Å². The average molecular weight is 392 g/mol. The number of carbonyl (C=O) groups is 2. The van der Waals surface area contributed by atoms with E-state index in [-0.39, 0.29) is 29.4 Å². The summed E-state index contributed by atoms with van der Waals surface area (Å²) in [6.07, 6.45) is 1.12. The van der Waals surface area contributed by atoms with Crippen molar-refractivity contribution in [3.8, 4) is 0 Å². The van der Waals surface area contributed by atoms with Crippen LogP contribution in [0.3, 0.4) is 0 Å². The molecule has 0 saturated heterocycles. The zero-order chi connectivity index (χ0) is 21.3. The fourth-order valence-electron chi connectivity index (χ4n) is 2.59. The first-order valence-corrected chi connectivity index (χ1v) is 9.27. The Bertz CT molecular complexity index is 772. The number of hydrogen-bond donors (Lipinski definition) is 0. The van der Waals surface area contributed by atoms with Crippen molar-refractivity contribution < 1.29 is 24.0 Å². The number of amides is 1. The number of hydrogen-bond acceptors (Lipinski definition) is 6. The highest BCUT2D eigenvalue weighted by Crippen LogP contribution is 2.32. The van der Waals surface area contributed by atoms with E-state index in [0.717, 1.165) is 12.8 Å². The van der Waals surface area contributed by atoms with Crippen LogP contribution >= 0.6 is 0 Å².